The lowest BCUT2D eigenvalue weighted by molar-refractivity contribution is -0.130. The first kappa shape index (κ1) is 28.7. The number of nitrogens with zero attached hydrogens (tertiary/aromatic N) is 2. The van der Waals surface area contributed by atoms with Crippen LogP contribution in [0, 0.1) is 5.92 Å². The predicted octanol–water partition coefficient (Wildman–Crippen LogP) is 3.03. The number of hydrogen-bond acceptors (Lipinski definition) is 9. The maximum absolute atomic E-state index is 15.0. The normalized spacial score (nSPS) is 21.7. The second-order valence-corrected chi connectivity index (χ2v) is 11.8. The van der Waals surface area contributed by atoms with Crippen LogP contribution in [0.25, 0.3) is 10.9 Å². The molecule has 13 heteroatoms. The van der Waals surface area contributed by atoms with Gasteiger partial charge in [-0.3, -0.25) is 28.3 Å². The van der Waals surface area contributed by atoms with Crippen molar-refractivity contribution in [2.24, 2.45) is 20.0 Å². The van der Waals surface area contributed by atoms with Crippen LogP contribution in [0.3, 0.4) is 0 Å². The number of ether oxygens (including phenoxy) is 3. The molecule has 0 bridgehead atoms. The maximum atomic E-state index is 15.0. The Morgan fingerprint density at radius 2 is 1.69 bits per heavy atom. The van der Waals surface area contributed by atoms with E-state index in [2.05, 4.69) is 10.3 Å². The average Bonchev–Trinajstić information content (AvgIpc) is 3.35. The standard InChI is InChI=1S/C32H27ClN4O8/c1-13-10-17-21(26(38)32(13)27(39)22-18(43-4)12-19(44-5)24(33)25(22)45-32)20(15-11-14-8-6-7-9-16(14)35-29(15)40)23-28(34-17)36(2)31(42)37(3)30(23)41/h6-9,11-13,20,34H,10H2,1-5H3,(H,35,40)/t13-,20-,32+/m1/s1. The Kier molecular flexibility index (Phi) is 6.18. The third kappa shape index (κ3) is 3.62. The van der Waals surface area contributed by atoms with Crippen molar-refractivity contribution in [1.29, 1.82) is 0 Å². The van der Waals surface area contributed by atoms with Crippen LogP contribution in [0.15, 0.2) is 62.1 Å². The van der Waals surface area contributed by atoms with E-state index in [1.165, 1.54) is 38.9 Å². The molecular formula is C32H27ClN4O8. The number of Topliss-reactive ketones (excluding diaryl/α,β-unsaturated/α-hetero) is 2. The van der Waals surface area contributed by atoms with Crippen LogP contribution in [0.5, 0.6) is 17.2 Å². The van der Waals surface area contributed by atoms with Gasteiger partial charge < -0.3 is 24.5 Å². The highest BCUT2D eigenvalue weighted by Gasteiger charge is 2.64. The Bertz CT molecular complexity index is 2250. The number of H-pyrrole nitrogens is 1. The Morgan fingerprint density at radius 3 is 2.40 bits per heavy atom. The van der Waals surface area contributed by atoms with Crippen molar-refractivity contribution < 1.29 is 23.8 Å². The molecule has 230 valence electrons. The number of anilines is 1. The maximum Gasteiger partial charge on any atom is 0.332 e. The summed E-state index contributed by atoms with van der Waals surface area (Å²) in [5, 5.41) is 3.80. The first-order valence-corrected chi connectivity index (χ1v) is 14.5. The summed E-state index contributed by atoms with van der Waals surface area (Å²) in [6.45, 7) is 1.70. The summed E-state index contributed by atoms with van der Waals surface area (Å²) in [5.41, 5.74) is -2.86. The summed E-state index contributed by atoms with van der Waals surface area (Å²) in [7, 11) is 5.59. The van der Waals surface area contributed by atoms with Crippen LogP contribution in [-0.2, 0) is 18.9 Å². The average molecular weight is 631 g/mol. The van der Waals surface area contributed by atoms with Crippen LogP contribution in [0.2, 0.25) is 5.02 Å². The molecule has 0 radical (unpaired) electrons. The zero-order valence-corrected chi connectivity index (χ0v) is 25.6. The van der Waals surface area contributed by atoms with E-state index in [1.54, 1.807) is 37.3 Å². The minimum Gasteiger partial charge on any atom is -0.496 e. The number of benzene rings is 2. The Morgan fingerprint density at radius 1 is 0.978 bits per heavy atom. The van der Waals surface area contributed by atoms with Gasteiger partial charge in [-0.1, -0.05) is 36.7 Å². The quantitative estimate of drug-likeness (QED) is 0.326. The van der Waals surface area contributed by atoms with Gasteiger partial charge in [0.2, 0.25) is 17.2 Å². The van der Waals surface area contributed by atoms with Crippen molar-refractivity contribution in [2.75, 3.05) is 19.5 Å². The molecule has 2 aliphatic heterocycles. The monoisotopic (exact) mass is 630 g/mol. The SMILES string of the molecule is COc1cc(OC)c2c(c1Cl)O[C@@]1(C(=O)C3=C(C[C@H]1C)Nc1c(c(=O)n(C)c(=O)n1C)[C@@H]3c1cc3ccccc3[nH]c1=O)C2=O. The molecule has 3 aliphatic rings. The van der Waals surface area contributed by atoms with Gasteiger partial charge in [0, 0.05) is 48.4 Å². The van der Waals surface area contributed by atoms with E-state index in [9.17, 15) is 19.2 Å². The Labute approximate surface area is 259 Å². The third-order valence-electron chi connectivity index (χ3n) is 9.17. The van der Waals surface area contributed by atoms with Crippen LogP contribution in [0.4, 0.5) is 5.82 Å². The molecule has 2 N–H and O–H groups in total. The zero-order valence-electron chi connectivity index (χ0n) is 24.9. The lowest BCUT2D eigenvalue weighted by Crippen LogP contribution is -2.58. The second-order valence-electron chi connectivity index (χ2n) is 11.5. The van der Waals surface area contributed by atoms with Gasteiger partial charge in [0.15, 0.2) is 5.75 Å². The second kappa shape index (κ2) is 9.70. The number of nitrogens with one attached hydrogen (secondary N) is 2. The van der Waals surface area contributed by atoms with Gasteiger partial charge in [0.25, 0.3) is 11.1 Å². The molecule has 3 atom stereocenters. The van der Waals surface area contributed by atoms with Gasteiger partial charge in [0.1, 0.15) is 27.9 Å². The largest absolute Gasteiger partial charge is 0.496 e. The van der Waals surface area contributed by atoms with Gasteiger partial charge in [-0.15, -0.1) is 0 Å². The topological polar surface area (TPSA) is 151 Å². The minimum atomic E-state index is -2.09. The molecule has 1 aliphatic carbocycles. The summed E-state index contributed by atoms with van der Waals surface area (Å²) in [6, 6.07) is 10.2. The lowest BCUT2D eigenvalue weighted by atomic mass is 9.66. The highest BCUT2D eigenvalue weighted by atomic mass is 35.5. The number of para-hydroxylation sites is 1. The molecule has 7 rings (SSSR count). The fraction of sp³-hybridized carbons (Fsp3) is 0.281. The first-order chi connectivity index (χ1) is 21.5. The van der Waals surface area contributed by atoms with Crippen LogP contribution in [0.1, 0.15) is 40.7 Å². The van der Waals surface area contributed by atoms with Crippen molar-refractivity contribution in [3.63, 3.8) is 0 Å². The van der Waals surface area contributed by atoms with Gasteiger partial charge in [-0.05, 0) is 23.9 Å². The van der Waals surface area contributed by atoms with Crippen LogP contribution in [-0.4, -0.2) is 45.5 Å². The number of carbonyl (C=O) groups is 2. The smallest absolute Gasteiger partial charge is 0.332 e. The summed E-state index contributed by atoms with van der Waals surface area (Å²) in [6.07, 6.45) is 0.0999. The number of allylic oxidation sites excluding steroid dienone is 1. The number of halogens is 1. The minimum absolute atomic E-state index is 0.00295. The number of methoxy groups -OCH3 is 2. The predicted molar refractivity (Wildman–Crippen MR) is 165 cm³/mol. The molecule has 0 saturated heterocycles. The first-order valence-electron chi connectivity index (χ1n) is 14.1. The van der Waals surface area contributed by atoms with E-state index in [-0.39, 0.29) is 56.8 Å². The molecule has 4 aromatic rings. The molecule has 0 fully saturated rings. The number of hydrogen-bond donors (Lipinski definition) is 2. The van der Waals surface area contributed by atoms with Crippen LogP contribution >= 0.6 is 11.6 Å². The fourth-order valence-corrected chi connectivity index (χ4v) is 7.14. The fourth-order valence-electron chi connectivity index (χ4n) is 6.88. The highest BCUT2D eigenvalue weighted by molar-refractivity contribution is 6.36. The highest BCUT2D eigenvalue weighted by Crippen LogP contribution is 2.56. The summed E-state index contributed by atoms with van der Waals surface area (Å²) in [5.74, 6) is -2.98. The van der Waals surface area contributed by atoms with E-state index in [0.29, 0.717) is 16.6 Å². The zero-order chi connectivity index (χ0) is 32.1. The van der Waals surface area contributed by atoms with Gasteiger partial charge in [-0.2, -0.15) is 0 Å². The van der Waals surface area contributed by atoms with E-state index in [0.717, 1.165) is 4.57 Å². The molecule has 2 aromatic carbocycles. The molecule has 0 unspecified atom stereocenters. The molecule has 0 amide bonds. The van der Waals surface area contributed by atoms with Gasteiger partial charge in [-0.25, -0.2) is 4.79 Å². The third-order valence-corrected chi connectivity index (χ3v) is 9.53. The van der Waals surface area contributed by atoms with Crippen molar-refractivity contribution in [1.82, 2.24) is 14.1 Å². The van der Waals surface area contributed by atoms with Gasteiger partial charge >= 0.3 is 5.69 Å². The number of carbonyl (C=O) groups excluding carboxylic acids is 2. The molecule has 45 heavy (non-hydrogen) atoms. The number of ketones is 2. The van der Waals surface area contributed by atoms with Crippen molar-refractivity contribution in [2.45, 2.75) is 24.9 Å². The number of rotatable bonds is 3. The number of pyridine rings is 1. The van der Waals surface area contributed by atoms with Crippen molar-refractivity contribution in [3.8, 4) is 17.2 Å². The molecule has 12 nitrogen and oxygen atoms in total. The summed E-state index contributed by atoms with van der Waals surface area (Å²) >= 11 is 6.61. The molecule has 2 aromatic heterocycles. The van der Waals surface area contributed by atoms with E-state index >= 15 is 4.79 Å². The van der Waals surface area contributed by atoms with E-state index < -0.39 is 45.8 Å². The number of aromatic amines is 1. The number of fused-ring (bicyclic) bond motifs is 3. The molecule has 0 saturated carbocycles. The summed E-state index contributed by atoms with van der Waals surface area (Å²) in [4.78, 5) is 72.9. The number of aromatic nitrogens is 3. The van der Waals surface area contributed by atoms with Gasteiger partial charge in [0.05, 0.1) is 25.7 Å². The van der Waals surface area contributed by atoms with E-state index in [1.807, 2.05) is 0 Å². The molecule has 4 heterocycles. The van der Waals surface area contributed by atoms with Crippen molar-refractivity contribution in [3.05, 3.63) is 101 Å². The van der Waals surface area contributed by atoms with Crippen molar-refractivity contribution >= 4 is 39.9 Å². The summed E-state index contributed by atoms with van der Waals surface area (Å²) < 4.78 is 19.4. The Balaban J connectivity index is 1.52. The molecule has 1 spiro atoms. The Hall–Kier alpha value is -5.10. The molecular weight excluding hydrogens is 604 g/mol. The lowest BCUT2D eigenvalue weighted by Gasteiger charge is -2.42. The van der Waals surface area contributed by atoms with Crippen LogP contribution < -0.4 is 36.3 Å². The van der Waals surface area contributed by atoms with E-state index in [4.69, 9.17) is 25.8 Å².